The Balaban J connectivity index is 1.55. The van der Waals surface area contributed by atoms with Crippen LogP contribution in [0, 0.1) is 0 Å². The second kappa shape index (κ2) is 7.29. The molecule has 3 heterocycles. The number of piperidine rings is 1. The monoisotopic (exact) mass is 346 g/mol. The smallest absolute Gasteiger partial charge is 0.410 e. The number of amides is 1. The van der Waals surface area contributed by atoms with Gasteiger partial charge in [0, 0.05) is 25.2 Å². The summed E-state index contributed by atoms with van der Waals surface area (Å²) in [5, 5.41) is 0. The van der Waals surface area contributed by atoms with Crippen LogP contribution < -0.4 is 4.74 Å². The average Bonchev–Trinajstić information content (AvgIpc) is 2.96. The fraction of sp³-hybridized carbons (Fsp3) is 0.611. The Labute approximate surface area is 147 Å². The highest BCUT2D eigenvalue weighted by atomic mass is 16.6. The van der Waals surface area contributed by atoms with Gasteiger partial charge in [-0.25, -0.2) is 9.78 Å². The van der Waals surface area contributed by atoms with E-state index in [1.165, 1.54) is 0 Å². The predicted octanol–water partition coefficient (Wildman–Crippen LogP) is 3.52. The number of hydrogen-bond donors (Lipinski definition) is 1. The molecule has 1 atom stereocenters. The summed E-state index contributed by atoms with van der Waals surface area (Å²) in [6.45, 7) is 6.91. The van der Waals surface area contributed by atoms with Crippen LogP contribution in [0.4, 0.5) is 4.79 Å². The van der Waals surface area contributed by atoms with E-state index in [2.05, 4.69) is 15.0 Å². The molecular weight excluding hydrogens is 320 g/mol. The minimum Gasteiger partial charge on any atom is -0.465 e. The van der Waals surface area contributed by atoms with Crippen molar-refractivity contribution in [2.75, 3.05) is 13.2 Å². The molecule has 0 unspecified atom stereocenters. The molecule has 1 fully saturated rings. The van der Waals surface area contributed by atoms with Gasteiger partial charge in [-0.15, -0.1) is 0 Å². The van der Waals surface area contributed by atoms with Crippen molar-refractivity contribution in [3.63, 3.8) is 0 Å². The maximum Gasteiger partial charge on any atom is 0.410 e. The number of ether oxygens (including phenoxy) is 2. The second-order valence-electron chi connectivity index (χ2n) is 7.38. The van der Waals surface area contributed by atoms with Crippen molar-refractivity contribution in [2.24, 2.45) is 0 Å². The molecule has 0 aromatic carbocycles. The number of hydrogen-bond acceptors (Lipinski definition) is 5. The summed E-state index contributed by atoms with van der Waals surface area (Å²) in [6, 6.07) is 4.37. The first-order valence-corrected chi connectivity index (χ1v) is 8.85. The second-order valence-corrected chi connectivity index (χ2v) is 7.38. The van der Waals surface area contributed by atoms with Gasteiger partial charge in [0.15, 0.2) is 5.65 Å². The molecule has 2 aromatic rings. The van der Waals surface area contributed by atoms with Crippen LogP contribution >= 0.6 is 0 Å². The van der Waals surface area contributed by atoms with Gasteiger partial charge in [-0.3, -0.25) is 0 Å². The molecule has 7 nitrogen and oxygen atoms in total. The normalized spacial score (nSPS) is 18.4. The third-order valence-electron chi connectivity index (χ3n) is 4.18. The van der Waals surface area contributed by atoms with Crippen molar-refractivity contribution in [1.29, 1.82) is 0 Å². The van der Waals surface area contributed by atoms with Crippen LogP contribution in [0.25, 0.3) is 11.2 Å². The predicted molar refractivity (Wildman–Crippen MR) is 94.6 cm³/mol. The van der Waals surface area contributed by atoms with E-state index in [0.29, 0.717) is 18.3 Å². The number of rotatable bonds is 4. The van der Waals surface area contributed by atoms with Gasteiger partial charge < -0.3 is 19.4 Å². The number of nitrogens with zero attached hydrogens (tertiary/aromatic N) is 3. The number of nitrogens with one attached hydrogen (secondary N) is 1. The lowest BCUT2D eigenvalue weighted by Crippen LogP contribution is -2.46. The number of carbonyl (C=O) groups excluding carboxylic acids is 1. The highest BCUT2D eigenvalue weighted by Gasteiger charge is 2.30. The molecule has 1 amide bonds. The van der Waals surface area contributed by atoms with Gasteiger partial charge in [-0.2, -0.15) is 4.98 Å². The van der Waals surface area contributed by atoms with E-state index >= 15 is 0 Å². The van der Waals surface area contributed by atoms with Crippen molar-refractivity contribution in [3.05, 3.63) is 18.3 Å². The standard InChI is InChI=1S/C18H26N4O3/c1-18(2,3)25-17(23)22-11-5-4-7-13(22)9-12-24-16-20-14-8-6-10-19-15(14)21-16/h6,8,10,13H,4-5,7,9,11-12H2,1-3H3,(H,19,20,21)/t13-/m1/s1. The van der Waals surface area contributed by atoms with E-state index in [0.717, 1.165) is 37.7 Å². The maximum absolute atomic E-state index is 12.4. The minimum atomic E-state index is -0.475. The van der Waals surface area contributed by atoms with Gasteiger partial charge >= 0.3 is 6.09 Å². The minimum absolute atomic E-state index is 0.145. The zero-order valence-corrected chi connectivity index (χ0v) is 15.1. The van der Waals surface area contributed by atoms with E-state index < -0.39 is 5.60 Å². The van der Waals surface area contributed by atoms with Crippen LogP contribution in [0.3, 0.4) is 0 Å². The maximum atomic E-state index is 12.4. The number of H-pyrrole nitrogens is 1. The molecule has 2 aromatic heterocycles. The molecule has 0 saturated carbocycles. The molecular formula is C18H26N4O3. The number of carbonyl (C=O) groups is 1. The SMILES string of the molecule is CC(C)(C)OC(=O)N1CCCC[C@@H]1CCOc1nc2ncccc2[nH]1. The molecule has 1 saturated heterocycles. The van der Waals surface area contributed by atoms with Crippen LogP contribution in [-0.4, -0.2) is 50.7 Å². The van der Waals surface area contributed by atoms with E-state index in [4.69, 9.17) is 9.47 Å². The van der Waals surface area contributed by atoms with Crippen molar-refractivity contribution in [1.82, 2.24) is 19.9 Å². The fourth-order valence-electron chi connectivity index (χ4n) is 3.04. The Bertz CT molecular complexity index is 689. The van der Waals surface area contributed by atoms with Crippen LogP contribution in [0.2, 0.25) is 0 Å². The lowest BCUT2D eigenvalue weighted by molar-refractivity contribution is 0.00734. The number of imidazole rings is 1. The van der Waals surface area contributed by atoms with Gasteiger partial charge in [0.1, 0.15) is 5.60 Å². The first kappa shape index (κ1) is 17.5. The van der Waals surface area contributed by atoms with E-state index in [1.807, 2.05) is 37.8 Å². The van der Waals surface area contributed by atoms with E-state index in [-0.39, 0.29) is 12.1 Å². The number of aromatic amines is 1. The van der Waals surface area contributed by atoms with Crippen LogP contribution in [-0.2, 0) is 4.74 Å². The summed E-state index contributed by atoms with van der Waals surface area (Å²) in [6.07, 6.45) is 5.34. The number of fused-ring (bicyclic) bond motifs is 1. The van der Waals surface area contributed by atoms with Crippen LogP contribution in [0.1, 0.15) is 46.5 Å². The fourth-order valence-corrected chi connectivity index (χ4v) is 3.04. The highest BCUT2D eigenvalue weighted by molar-refractivity contribution is 5.70. The molecule has 0 spiro atoms. The summed E-state index contributed by atoms with van der Waals surface area (Å²) >= 11 is 0. The summed E-state index contributed by atoms with van der Waals surface area (Å²) in [4.78, 5) is 25.8. The summed E-state index contributed by atoms with van der Waals surface area (Å²) in [5.41, 5.74) is 1.02. The molecule has 0 bridgehead atoms. The summed E-state index contributed by atoms with van der Waals surface area (Å²) in [5.74, 6) is 0. The van der Waals surface area contributed by atoms with Crippen molar-refractivity contribution in [3.8, 4) is 6.01 Å². The van der Waals surface area contributed by atoms with Crippen LogP contribution in [0.15, 0.2) is 18.3 Å². The number of pyridine rings is 1. The van der Waals surface area contributed by atoms with Gasteiger partial charge in [0.2, 0.25) is 0 Å². The van der Waals surface area contributed by atoms with Gasteiger partial charge in [-0.1, -0.05) is 0 Å². The molecule has 136 valence electrons. The lowest BCUT2D eigenvalue weighted by atomic mass is 10.0. The Morgan fingerprint density at radius 2 is 2.24 bits per heavy atom. The van der Waals surface area contributed by atoms with E-state index in [1.54, 1.807) is 6.20 Å². The molecule has 1 N–H and O–H groups in total. The zero-order valence-electron chi connectivity index (χ0n) is 15.1. The Morgan fingerprint density at radius 1 is 1.40 bits per heavy atom. The van der Waals surface area contributed by atoms with E-state index in [9.17, 15) is 4.79 Å². The highest BCUT2D eigenvalue weighted by Crippen LogP contribution is 2.23. The van der Waals surface area contributed by atoms with Crippen molar-refractivity contribution < 1.29 is 14.3 Å². The Morgan fingerprint density at radius 3 is 3.00 bits per heavy atom. The Kier molecular flexibility index (Phi) is 5.11. The third-order valence-corrected chi connectivity index (χ3v) is 4.18. The lowest BCUT2D eigenvalue weighted by Gasteiger charge is -2.36. The van der Waals surface area contributed by atoms with Gasteiger partial charge in [-0.05, 0) is 52.2 Å². The molecule has 3 rings (SSSR count). The summed E-state index contributed by atoms with van der Waals surface area (Å²) < 4.78 is 11.3. The molecule has 1 aliphatic heterocycles. The first-order chi connectivity index (χ1) is 11.9. The third kappa shape index (κ3) is 4.61. The summed E-state index contributed by atoms with van der Waals surface area (Å²) in [7, 11) is 0. The number of likely N-dealkylation sites (tertiary alicyclic amines) is 1. The Hall–Kier alpha value is -2.31. The molecule has 0 radical (unpaired) electrons. The molecule has 0 aliphatic carbocycles. The van der Waals surface area contributed by atoms with Gasteiger partial charge in [0.05, 0.1) is 12.1 Å². The average molecular weight is 346 g/mol. The molecule has 1 aliphatic rings. The topological polar surface area (TPSA) is 80.3 Å². The molecule has 25 heavy (non-hydrogen) atoms. The zero-order chi connectivity index (χ0) is 17.9. The van der Waals surface area contributed by atoms with Crippen molar-refractivity contribution >= 4 is 17.3 Å². The van der Waals surface area contributed by atoms with Crippen molar-refractivity contribution in [2.45, 2.75) is 58.1 Å². The number of aromatic nitrogens is 3. The largest absolute Gasteiger partial charge is 0.465 e. The molecule has 7 heteroatoms. The quantitative estimate of drug-likeness (QED) is 0.916. The first-order valence-electron chi connectivity index (χ1n) is 8.85. The van der Waals surface area contributed by atoms with Gasteiger partial charge in [0.25, 0.3) is 6.01 Å². The van der Waals surface area contributed by atoms with Crippen LogP contribution in [0.5, 0.6) is 6.01 Å².